The molecule has 0 saturated carbocycles. The highest BCUT2D eigenvalue weighted by molar-refractivity contribution is 5.94. The number of rotatable bonds is 2. The first kappa shape index (κ1) is 15.1. The molecule has 4 rings (SSSR count). The number of aromatic nitrogens is 2. The molecule has 0 N–H and O–H groups in total. The first-order chi connectivity index (χ1) is 11.7. The summed E-state index contributed by atoms with van der Waals surface area (Å²) in [5.74, 6) is 0.741. The molecule has 2 saturated heterocycles. The SMILES string of the molecule is O=C(c1cccc(F)c1)N1CCC2CN(c3ncccn3)CCC21. The number of hydrogen-bond donors (Lipinski definition) is 0. The van der Waals surface area contributed by atoms with Crippen molar-refractivity contribution in [2.24, 2.45) is 5.92 Å². The van der Waals surface area contributed by atoms with Gasteiger partial charge in [-0.2, -0.15) is 0 Å². The monoisotopic (exact) mass is 326 g/mol. The molecule has 124 valence electrons. The number of amides is 1. The van der Waals surface area contributed by atoms with E-state index in [9.17, 15) is 9.18 Å². The van der Waals surface area contributed by atoms with Gasteiger partial charge in [-0.15, -0.1) is 0 Å². The van der Waals surface area contributed by atoms with Gasteiger partial charge >= 0.3 is 0 Å². The summed E-state index contributed by atoms with van der Waals surface area (Å²) >= 11 is 0. The number of piperidine rings is 1. The van der Waals surface area contributed by atoms with Crippen LogP contribution in [-0.2, 0) is 0 Å². The topological polar surface area (TPSA) is 49.3 Å². The average molecular weight is 326 g/mol. The highest BCUT2D eigenvalue weighted by atomic mass is 19.1. The largest absolute Gasteiger partial charge is 0.340 e. The Morgan fingerprint density at radius 1 is 1.12 bits per heavy atom. The van der Waals surface area contributed by atoms with Crippen molar-refractivity contribution in [1.82, 2.24) is 14.9 Å². The number of hydrogen-bond acceptors (Lipinski definition) is 4. The van der Waals surface area contributed by atoms with Crippen LogP contribution in [-0.4, -0.2) is 46.5 Å². The number of nitrogens with zero attached hydrogens (tertiary/aromatic N) is 4. The third kappa shape index (κ3) is 2.72. The predicted octanol–water partition coefficient (Wildman–Crippen LogP) is 2.36. The first-order valence-electron chi connectivity index (χ1n) is 8.31. The minimum absolute atomic E-state index is 0.0635. The van der Waals surface area contributed by atoms with Crippen LogP contribution in [0.3, 0.4) is 0 Å². The van der Waals surface area contributed by atoms with Crippen LogP contribution in [0.5, 0.6) is 0 Å². The molecule has 0 spiro atoms. The minimum atomic E-state index is -0.368. The third-order valence-electron chi connectivity index (χ3n) is 5.00. The Kier molecular flexibility index (Phi) is 3.88. The van der Waals surface area contributed by atoms with Crippen LogP contribution >= 0.6 is 0 Å². The van der Waals surface area contributed by atoms with Gasteiger partial charge in [0, 0.05) is 43.6 Å². The van der Waals surface area contributed by atoms with Gasteiger partial charge in [0.05, 0.1) is 0 Å². The van der Waals surface area contributed by atoms with Crippen LogP contribution in [0.2, 0.25) is 0 Å². The number of carbonyl (C=O) groups is 1. The van der Waals surface area contributed by atoms with Gasteiger partial charge in [0.1, 0.15) is 5.82 Å². The smallest absolute Gasteiger partial charge is 0.254 e. The van der Waals surface area contributed by atoms with Gasteiger partial charge in [0.15, 0.2) is 0 Å². The van der Waals surface area contributed by atoms with E-state index in [-0.39, 0.29) is 17.8 Å². The van der Waals surface area contributed by atoms with E-state index in [0.717, 1.165) is 38.4 Å². The molecule has 24 heavy (non-hydrogen) atoms. The fraction of sp³-hybridized carbons (Fsp3) is 0.389. The van der Waals surface area contributed by atoms with E-state index in [1.807, 2.05) is 11.0 Å². The zero-order valence-electron chi connectivity index (χ0n) is 13.3. The Morgan fingerprint density at radius 3 is 2.75 bits per heavy atom. The van der Waals surface area contributed by atoms with E-state index in [1.54, 1.807) is 24.5 Å². The average Bonchev–Trinajstić information content (AvgIpc) is 3.05. The molecule has 2 aromatic rings. The number of carbonyl (C=O) groups excluding carboxylic acids is 1. The Labute approximate surface area is 140 Å². The maximum atomic E-state index is 13.4. The minimum Gasteiger partial charge on any atom is -0.340 e. The Balaban J connectivity index is 1.48. The molecule has 6 heteroatoms. The van der Waals surface area contributed by atoms with Crippen molar-refractivity contribution in [1.29, 1.82) is 0 Å². The molecule has 2 fully saturated rings. The van der Waals surface area contributed by atoms with Crippen molar-refractivity contribution >= 4 is 11.9 Å². The fourth-order valence-corrected chi connectivity index (χ4v) is 3.86. The summed E-state index contributed by atoms with van der Waals surface area (Å²) in [5.41, 5.74) is 0.435. The van der Waals surface area contributed by atoms with Gasteiger partial charge in [-0.3, -0.25) is 4.79 Å². The molecule has 0 radical (unpaired) electrons. The molecule has 2 atom stereocenters. The van der Waals surface area contributed by atoms with E-state index < -0.39 is 0 Å². The highest BCUT2D eigenvalue weighted by Crippen LogP contribution is 2.33. The first-order valence-corrected chi connectivity index (χ1v) is 8.31. The lowest BCUT2D eigenvalue weighted by atomic mass is 9.93. The summed E-state index contributed by atoms with van der Waals surface area (Å²) in [6.45, 7) is 2.42. The van der Waals surface area contributed by atoms with Crippen molar-refractivity contribution < 1.29 is 9.18 Å². The van der Waals surface area contributed by atoms with Crippen LogP contribution in [0.25, 0.3) is 0 Å². The molecule has 2 aliphatic heterocycles. The fourth-order valence-electron chi connectivity index (χ4n) is 3.86. The second-order valence-corrected chi connectivity index (χ2v) is 6.41. The van der Waals surface area contributed by atoms with Gasteiger partial charge in [-0.1, -0.05) is 6.07 Å². The summed E-state index contributed by atoms with van der Waals surface area (Å²) in [4.78, 5) is 25.5. The summed E-state index contributed by atoms with van der Waals surface area (Å²) in [5, 5.41) is 0. The van der Waals surface area contributed by atoms with Crippen LogP contribution in [0.4, 0.5) is 10.3 Å². The molecule has 2 unspecified atom stereocenters. The molecule has 1 aromatic heterocycles. The molecule has 3 heterocycles. The number of anilines is 1. The quantitative estimate of drug-likeness (QED) is 0.850. The van der Waals surface area contributed by atoms with Crippen molar-refractivity contribution in [3.05, 3.63) is 54.1 Å². The maximum Gasteiger partial charge on any atom is 0.254 e. The standard InChI is InChI=1S/C18H19FN4O/c19-15-4-1-3-13(11-15)17(24)23-10-5-14-12-22(9-6-16(14)23)18-20-7-2-8-21-18/h1-4,7-8,11,14,16H,5-6,9-10,12H2. The lowest BCUT2D eigenvalue weighted by molar-refractivity contribution is 0.0703. The van der Waals surface area contributed by atoms with Crippen LogP contribution in [0.15, 0.2) is 42.7 Å². The zero-order valence-corrected chi connectivity index (χ0v) is 13.3. The Bertz CT molecular complexity index is 739. The second kappa shape index (κ2) is 6.19. The van der Waals surface area contributed by atoms with Crippen molar-refractivity contribution in [2.75, 3.05) is 24.5 Å². The third-order valence-corrected chi connectivity index (χ3v) is 5.00. The zero-order chi connectivity index (χ0) is 16.5. The molecule has 1 aromatic carbocycles. The van der Waals surface area contributed by atoms with Crippen molar-refractivity contribution in [3.8, 4) is 0 Å². The molecule has 0 aliphatic carbocycles. The summed E-state index contributed by atoms with van der Waals surface area (Å²) < 4.78 is 13.4. The number of fused-ring (bicyclic) bond motifs is 1. The van der Waals surface area contributed by atoms with Crippen LogP contribution < -0.4 is 4.90 Å². The Morgan fingerprint density at radius 2 is 1.96 bits per heavy atom. The molecule has 1 amide bonds. The Hall–Kier alpha value is -2.50. The van der Waals surface area contributed by atoms with Gasteiger partial charge in [0.25, 0.3) is 5.91 Å². The van der Waals surface area contributed by atoms with E-state index in [0.29, 0.717) is 11.5 Å². The summed E-state index contributed by atoms with van der Waals surface area (Å²) in [7, 11) is 0. The van der Waals surface area contributed by atoms with E-state index in [2.05, 4.69) is 14.9 Å². The molecule has 2 aliphatic rings. The van der Waals surface area contributed by atoms with Gasteiger partial charge in [-0.25, -0.2) is 14.4 Å². The number of likely N-dealkylation sites (tertiary alicyclic amines) is 1. The molecule has 0 bridgehead atoms. The molecule has 5 nitrogen and oxygen atoms in total. The second-order valence-electron chi connectivity index (χ2n) is 6.41. The lowest BCUT2D eigenvalue weighted by Crippen LogP contribution is -2.48. The predicted molar refractivity (Wildman–Crippen MR) is 88.2 cm³/mol. The van der Waals surface area contributed by atoms with Crippen LogP contribution in [0.1, 0.15) is 23.2 Å². The van der Waals surface area contributed by atoms with Gasteiger partial charge in [0.2, 0.25) is 5.95 Å². The van der Waals surface area contributed by atoms with E-state index in [4.69, 9.17) is 0 Å². The van der Waals surface area contributed by atoms with E-state index >= 15 is 0 Å². The summed E-state index contributed by atoms with van der Waals surface area (Å²) in [6, 6.07) is 7.99. The van der Waals surface area contributed by atoms with Gasteiger partial charge < -0.3 is 9.80 Å². The molecular formula is C18H19FN4O. The van der Waals surface area contributed by atoms with E-state index in [1.165, 1.54) is 12.1 Å². The van der Waals surface area contributed by atoms with Crippen molar-refractivity contribution in [2.45, 2.75) is 18.9 Å². The van der Waals surface area contributed by atoms with Crippen molar-refractivity contribution in [3.63, 3.8) is 0 Å². The highest BCUT2D eigenvalue weighted by Gasteiger charge is 2.41. The number of benzene rings is 1. The maximum absolute atomic E-state index is 13.4. The lowest BCUT2D eigenvalue weighted by Gasteiger charge is -2.37. The number of halogens is 1. The summed E-state index contributed by atoms with van der Waals surface area (Å²) in [6.07, 6.45) is 5.37. The van der Waals surface area contributed by atoms with Crippen LogP contribution in [0, 0.1) is 11.7 Å². The molecular weight excluding hydrogens is 307 g/mol. The normalized spacial score (nSPS) is 23.2. The van der Waals surface area contributed by atoms with Gasteiger partial charge in [-0.05, 0) is 43.0 Å².